The minimum absolute atomic E-state index is 0.653. The number of piperidine rings is 1. The van der Waals surface area contributed by atoms with E-state index in [0.717, 1.165) is 31.2 Å². The molecular weight excluding hydrogens is 280 g/mol. The molecule has 1 fully saturated rings. The van der Waals surface area contributed by atoms with Crippen LogP contribution in [-0.4, -0.2) is 41.2 Å². The van der Waals surface area contributed by atoms with Crippen molar-refractivity contribution in [3.63, 3.8) is 0 Å². The Morgan fingerprint density at radius 2 is 2.19 bits per heavy atom. The average Bonchev–Trinajstić information content (AvgIpc) is 2.45. The minimum atomic E-state index is 0.653. The molecule has 0 aromatic carbocycles. The molecule has 1 aromatic heterocycles. The molecule has 116 valence electrons. The van der Waals surface area contributed by atoms with Gasteiger partial charge < -0.3 is 15.5 Å². The topological polar surface area (TPSA) is 40.2 Å². The first-order chi connectivity index (χ1) is 10.1. The summed E-state index contributed by atoms with van der Waals surface area (Å²) < 4.78 is 0. The zero-order chi connectivity index (χ0) is 15.1. The van der Waals surface area contributed by atoms with Crippen LogP contribution in [0, 0.1) is 12.8 Å². The number of pyridine rings is 1. The van der Waals surface area contributed by atoms with Gasteiger partial charge in [0, 0.05) is 12.7 Å². The Labute approximate surface area is 133 Å². The molecule has 0 atom stereocenters. The maximum atomic E-state index is 5.29. The third-order valence-electron chi connectivity index (χ3n) is 3.97. The molecule has 0 spiro atoms. The predicted octanol–water partition coefficient (Wildman–Crippen LogP) is 2.80. The minimum Gasteiger partial charge on any atom is -0.362 e. The Morgan fingerprint density at radius 3 is 2.90 bits per heavy atom. The van der Waals surface area contributed by atoms with Crippen molar-refractivity contribution in [2.45, 2.75) is 33.1 Å². The average molecular weight is 306 g/mol. The van der Waals surface area contributed by atoms with Gasteiger partial charge in [-0.2, -0.15) is 0 Å². The van der Waals surface area contributed by atoms with E-state index < -0.39 is 0 Å². The highest BCUT2D eigenvalue weighted by Crippen LogP contribution is 2.15. The second-order valence-corrected chi connectivity index (χ2v) is 6.39. The lowest BCUT2D eigenvalue weighted by atomic mass is 9.99. The van der Waals surface area contributed by atoms with Crippen LogP contribution in [0.4, 0.5) is 5.82 Å². The molecule has 1 aliphatic rings. The van der Waals surface area contributed by atoms with E-state index in [2.05, 4.69) is 27.4 Å². The summed E-state index contributed by atoms with van der Waals surface area (Å²) in [6.45, 7) is 8.95. The number of thiocarbonyl (C=S) groups is 1. The van der Waals surface area contributed by atoms with Crippen molar-refractivity contribution in [2.24, 2.45) is 5.92 Å². The standard InChI is InChI=1S/C16H26N4S/c1-13-5-10-20(11-6-13)9-3-7-18-16(21)19-15-12-14(2)4-8-17-15/h4,8,12-13H,3,5-7,9-11H2,1-2H3,(H2,17,18,19,21). The van der Waals surface area contributed by atoms with Crippen LogP contribution in [0.3, 0.4) is 0 Å². The van der Waals surface area contributed by atoms with Gasteiger partial charge in [0.1, 0.15) is 5.82 Å². The van der Waals surface area contributed by atoms with Crippen molar-refractivity contribution >= 4 is 23.1 Å². The largest absolute Gasteiger partial charge is 0.362 e. The zero-order valence-corrected chi connectivity index (χ0v) is 13.9. The molecule has 0 bridgehead atoms. The molecule has 0 saturated carbocycles. The predicted molar refractivity (Wildman–Crippen MR) is 92.7 cm³/mol. The van der Waals surface area contributed by atoms with Gasteiger partial charge in [-0.1, -0.05) is 6.92 Å². The first-order valence-corrected chi connectivity index (χ1v) is 8.24. The van der Waals surface area contributed by atoms with Crippen LogP contribution < -0.4 is 10.6 Å². The molecule has 1 saturated heterocycles. The van der Waals surface area contributed by atoms with Gasteiger partial charge in [0.05, 0.1) is 0 Å². The van der Waals surface area contributed by atoms with Gasteiger partial charge in [0.2, 0.25) is 0 Å². The van der Waals surface area contributed by atoms with Crippen LogP contribution in [0.25, 0.3) is 0 Å². The molecule has 1 aromatic rings. The van der Waals surface area contributed by atoms with E-state index in [1.165, 1.54) is 31.5 Å². The number of aryl methyl sites for hydroxylation is 1. The summed E-state index contributed by atoms with van der Waals surface area (Å²) in [5.74, 6) is 1.70. The van der Waals surface area contributed by atoms with E-state index in [0.29, 0.717) is 5.11 Å². The maximum absolute atomic E-state index is 5.29. The van der Waals surface area contributed by atoms with Gasteiger partial charge in [-0.15, -0.1) is 0 Å². The van der Waals surface area contributed by atoms with Gasteiger partial charge in [0.25, 0.3) is 0 Å². The van der Waals surface area contributed by atoms with Crippen molar-refractivity contribution in [3.8, 4) is 0 Å². The Bertz CT molecular complexity index is 455. The molecule has 0 aliphatic carbocycles. The van der Waals surface area contributed by atoms with E-state index in [1.807, 2.05) is 19.1 Å². The fourth-order valence-corrected chi connectivity index (χ4v) is 2.76. The number of likely N-dealkylation sites (tertiary alicyclic amines) is 1. The number of anilines is 1. The first-order valence-electron chi connectivity index (χ1n) is 7.83. The van der Waals surface area contributed by atoms with Crippen molar-refractivity contribution in [1.29, 1.82) is 0 Å². The van der Waals surface area contributed by atoms with Crippen LogP contribution in [0.2, 0.25) is 0 Å². The second-order valence-electron chi connectivity index (χ2n) is 5.98. The van der Waals surface area contributed by atoms with Crippen LogP contribution in [0.1, 0.15) is 31.7 Å². The molecule has 2 heterocycles. The Kier molecular flexibility index (Phi) is 6.39. The lowest BCUT2D eigenvalue weighted by Gasteiger charge is -2.30. The van der Waals surface area contributed by atoms with Crippen LogP contribution in [0.5, 0.6) is 0 Å². The van der Waals surface area contributed by atoms with Gasteiger partial charge in [-0.05, 0) is 81.7 Å². The van der Waals surface area contributed by atoms with E-state index in [4.69, 9.17) is 12.2 Å². The van der Waals surface area contributed by atoms with Crippen LogP contribution in [-0.2, 0) is 0 Å². The highest BCUT2D eigenvalue weighted by atomic mass is 32.1. The number of rotatable bonds is 5. The van der Waals surface area contributed by atoms with Crippen molar-refractivity contribution in [1.82, 2.24) is 15.2 Å². The summed E-state index contributed by atoms with van der Waals surface area (Å²) in [6, 6.07) is 3.96. The molecule has 4 nitrogen and oxygen atoms in total. The van der Waals surface area contributed by atoms with E-state index >= 15 is 0 Å². The second kappa shape index (κ2) is 8.29. The number of hydrogen-bond donors (Lipinski definition) is 2. The lowest BCUT2D eigenvalue weighted by Crippen LogP contribution is -2.36. The van der Waals surface area contributed by atoms with Gasteiger partial charge in [-0.3, -0.25) is 0 Å². The van der Waals surface area contributed by atoms with Crippen molar-refractivity contribution in [3.05, 3.63) is 23.9 Å². The highest BCUT2D eigenvalue weighted by Gasteiger charge is 2.14. The summed E-state index contributed by atoms with van der Waals surface area (Å²) in [6.07, 6.45) is 5.59. The van der Waals surface area contributed by atoms with Gasteiger partial charge in [0.15, 0.2) is 5.11 Å². The Morgan fingerprint density at radius 1 is 1.43 bits per heavy atom. The highest BCUT2D eigenvalue weighted by molar-refractivity contribution is 7.80. The fourth-order valence-electron chi connectivity index (χ4n) is 2.56. The maximum Gasteiger partial charge on any atom is 0.171 e. The third kappa shape index (κ3) is 5.98. The van der Waals surface area contributed by atoms with Crippen LogP contribution >= 0.6 is 12.2 Å². The molecular formula is C16H26N4S. The lowest BCUT2D eigenvalue weighted by molar-refractivity contribution is 0.191. The molecule has 2 N–H and O–H groups in total. The summed E-state index contributed by atoms with van der Waals surface area (Å²) in [4.78, 5) is 6.80. The molecule has 0 unspecified atom stereocenters. The number of aromatic nitrogens is 1. The quantitative estimate of drug-likeness (QED) is 0.646. The van der Waals surface area contributed by atoms with E-state index in [-0.39, 0.29) is 0 Å². The first kappa shape index (κ1) is 16.2. The number of nitrogens with one attached hydrogen (secondary N) is 2. The monoisotopic (exact) mass is 306 g/mol. The van der Waals surface area contributed by atoms with Crippen molar-refractivity contribution in [2.75, 3.05) is 31.5 Å². The number of nitrogens with zero attached hydrogens (tertiary/aromatic N) is 2. The van der Waals surface area contributed by atoms with E-state index in [9.17, 15) is 0 Å². The fraction of sp³-hybridized carbons (Fsp3) is 0.625. The molecule has 0 radical (unpaired) electrons. The van der Waals surface area contributed by atoms with E-state index in [1.54, 1.807) is 6.20 Å². The van der Waals surface area contributed by atoms with Crippen LogP contribution in [0.15, 0.2) is 18.3 Å². The smallest absolute Gasteiger partial charge is 0.171 e. The normalized spacial score (nSPS) is 16.7. The Hall–Kier alpha value is -1.20. The number of hydrogen-bond acceptors (Lipinski definition) is 3. The zero-order valence-electron chi connectivity index (χ0n) is 13.1. The van der Waals surface area contributed by atoms with Gasteiger partial charge in [-0.25, -0.2) is 4.98 Å². The molecule has 5 heteroatoms. The summed E-state index contributed by atoms with van der Waals surface area (Å²) in [5, 5.41) is 7.03. The van der Waals surface area contributed by atoms with Gasteiger partial charge >= 0.3 is 0 Å². The third-order valence-corrected chi connectivity index (χ3v) is 4.22. The summed E-state index contributed by atoms with van der Waals surface area (Å²) >= 11 is 5.29. The Balaban J connectivity index is 1.59. The summed E-state index contributed by atoms with van der Waals surface area (Å²) in [7, 11) is 0. The molecule has 2 rings (SSSR count). The summed E-state index contributed by atoms with van der Waals surface area (Å²) in [5.41, 5.74) is 1.18. The molecule has 21 heavy (non-hydrogen) atoms. The van der Waals surface area contributed by atoms with Crippen molar-refractivity contribution < 1.29 is 0 Å². The SMILES string of the molecule is Cc1ccnc(NC(=S)NCCCN2CCC(C)CC2)c1. The molecule has 1 aliphatic heterocycles. The molecule has 0 amide bonds.